The first-order valence-corrected chi connectivity index (χ1v) is 11.7. The molecule has 2 aromatic rings. The van der Waals surface area contributed by atoms with Crippen LogP contribution in [0.25, 0.3) is 0 Å². The summed E-state index contributed by atoms with van der Waals surface area (Å²) in [6, 6.07) is 13.2. The van der Waals surface area contributed by atoms with Crippen molar-refractivity contribution in [3.63, 3.8) is 0 Å². The SMILES string of the molecule is CCN1CCN(S(=O)(=O)c2ccc(NC(=O)C(C)Oc3ccc(OC)cc3)cc2)CC1. The zero-order valence-corrected chi connectivity index (χ0v) is 18.9. The number of nitrogens with zero attached hydrogens (tertiary/aromatic N) is 2. The summed E-state index contributed by atoms with van der Waals surface area (Å²) in [5.41, 5.74) is 0.505. The van der Waals surface area contributed by atoms with Crippen molar-refractivity contribution in [2.75, 3.05) is 45.2 Å². The molecule has 3 rings (SSSR count). The molecule has 0 saturated carbocycles. The monoisotopic (exact) mass is 447 g/mol. The van der Waals surface area contributed by atoms with Crippen molar-refractivity contribution < 1.29 is 22.7 Å². The summed E-state index contributed by atoms with van der Waals surface area (Å²) in [6.45, 7) is 7.06. The van der Waals surface area contributed by atoms with Gasteiger partial charge >= 0.3 is 0 Å². The number of piperazine rings is 1. The van der Waals surface area contributed by atoms with Crippen molar-refractivity contribution in [3.8, 4) is 11.5 Å². The second-order valence-electron chi connectivity index (χ2n) is 7.29. The summed E-state index contributed by atoms with van der Waals surface area (Å²) in [5.74, 6) is 0.918. The molecule has 1 aliphatic rings. The van der Waals surface area contributed by atoms with Crippen molar-refractivity contribution in [1.82, 2.24) is 9.21 Å². The van der Waals surface area contributed by atoms with Gasteiger partial charge < -0.3 is 19.7 Å². The van der Waals surface area contributed by atoms with Crippen molar-refractivity contribution in [1.29, 1.82) is 0 Å². The van der Waals surface area contributed by atoms with E-state index in [4.69, 9.17) is 9.47 Å². The molecule has 1 N–H and O–H groups in total. The van der Waals surface area contributed by atoms with Crippen LogP contribution in [-0.2, 0) is 14.8 Å². The molecule has 1 unspecified atom stereocenters. The second kappa shape index (κ2) is 10.1. The number of methoxy groups -OCH3 is 1. The van der Waals surface area contributed by atoms with Crippen molar-refractivity contribution in [2.24, 2.45) is 0 Å². The highest BCUT2D eigenvalue weighted by Gasteiger charge is 2.28. The number of amides is 1. The molecular weight excluding hydrogens is 418 g/mol. The van der Waals surface area contributed by atoms with Gasteiger partial charge in [0.2, 0.25) is 10.0 Å². The van der Waals surface area contributed by atoms with Gasteiger partial charge in [-0.3, -0.25) is 4.79 Å². The van der Waals surface area contributed by atoms with Gasteiger partial charge in [-0.05, 0) is 62.0 Å². The van der Waals surface area contributed by atoms with Gasteiger partial charge in [0, 0.05) is 31.9 Å². The molecule has 31 heavy (non-hydrogen) atoms. The van der Waals surface area contributed by atoms with Crippen molar-refractivity contribution in [3.05, 3.63) is 48.5 Å². The molecule has 0 bridgehead atoms. The number of sulfonamides is 1. The highest BCUT2D eigenvalue weighted by molar-refractivity contribution is 7.89. The van der Waals surface area contributed by atoms with Gasteiger partial charge in [0.15, 0.2) is 6.10 Å². The Morgan fingerprint density at radius 3 is 2.13 bits per heavy atom. The van der Waals surface area contributed by atoms with E-state index in [1.807, 2.05) is 0 Å². The number of anilines is 1. The van der Waals surface area contributed by atoms with Gasteiger partial charge in [0.05, 0.1) is 12.0 Å². The van der Waals surface area contributed by atoms with Crippen molar-refractivity contribution in [2.45, 2.75) is 24.8 Å². The van der Waals surface area contributed by atoms with Gasteiger partial charge in [-0.1, -0.05) is 6.92 Å². The zero-order valence-electron chi connectivity index (χ0n) is 18.1. The summed E-state index contributed by atoms with van der Waals surface area (Å²) >= 11 is 0. The Morgan fingerprint density at radius 1 is 1.00 bits per heavy atom. The van der Waals surface area contributed by atoms with E-state index in [1.165, 1.54) is 16.4 Å². The van der Waals surface area contributed by atoms with Crippen LogP contribution in [0.4, 0.5) is 5.69 Å². The fraction of sp³-hybridized carbons (Fsp3) is 0.409. The smallest absolute Gasteiger partial charge is 0.265 e. The highest BCUT2D eigenvalue weighted by atomic mass is 32.2. The molecule has 0 spiro atoms. The number of hydrogen-bond donors (Lipinski definition) is 1. The molecule has 0 radical (unpaired) electrons. The lowest BCUT2D eigenvalue weighted by atomic mass is 10.3. The average molecular weight is 448 g/mol. The predicted molar refractivity (Wildman–Crippen MR) is 119 cm³/mol. The summed E-state index contributed by atoms with van der Waals surface area (Å²) in [6.07, 6.45) is -0.730. The lowest BCUT2D eigenvalue weighted by Crippen LogP contribution is -2.48. The van der Waals surface area contributed by atoms with Crippen LogP contribution in [0.3, 0.4) is 0 Å². The quantitative estimate of drug-likeness (QED) is 0.669. The van der Waals surface area contributed by atoms with Gasteiger partial charge in [-0.2, -0.15) is 4.31 Å². The van der Waals surface area contributed by atoms with Crippen LogP contribution in [-0.4, -0.2) is 69.5 Å². The fourth-order valence-corrected chi connectivity index (χ4v) is 4.72. The van der Waals surface area contributed by atoms with Crippen LogP contribution < -0.4 is 14.8 Å². The van der Waals surface area contributed by atoms with E-state index in [0.717, 1.165) is 19.6 Å². The molecule has 1 saturated heterocycles. The molecule has 1 heterocycles. The van der Waals surface area contributed by atoms with E-state index in [9.17, 15) is 13.2 Å². The summed E-state index contributed by atoms with van der Waals surface area (Å²) in [7, 11) is -1.96. The van der Waals surface area contributed by atoms with Crippen LogP contribution in [0, 0.1) is 0 Å². The lowest BCUT2D eigenvalue weighted by molar-refractivity contribution is -0.122. The summed E-state index contributed by atoms with van der Waals surface area (Å²) in [4.78, 5) is 14.9. The molecule has 0 aliphatic carbocycles. The third-order valence-electron chi connectivity index (χ3n) is 5.28. The molecule has 1 atom stereocenters. The minimum absolute atomic E-state index is 0.220. The molecule has 1 fully saturated rings. The number of likely N-dealkylation sites (N-methyl/N-ethyl adjacent to an activating group) is 1. The number of hydrogen-bond acceptors (Lipinski definition) is 6. The highest BCUT2D eigenvalue weighted by Crippen LogP contribution is 2.21. The van der Waals surface area contributed by atoms with Crippen LogP contribution in [0.5, 0.6) is 11.5 Å². The first kappa shape index (κ1) is 23.1. The van der Waals surface area contributed by atoms with Crippen molar-refractivity contribution >= 4 is 21.6 Å². The Hall–Kier alpha value is -2.62. The van der Waals surface area contributed by atoms with E-state index in [-0.39, 0.29) is 10.8 Å². The standard InChI is InChI=1S/C22H29N3O5S/c1-4-24-13-15-25(16-14-24)31(27,28)21-11-5-18(6-12-21)23-22(26)17(2)30-20-9-7-19(29-3)8-10-20/h5-12,17H,4,13-16H2,1-3H3,(H,23,26). The normalized spacial score (nSPS) is 16.5. The molecular formula is C22H29N3O5S. The zero-order chi connectivity index (χ0) is 22.4. The maximum Gasteiger partial charge on any atom is 0.265 e. The Balaban J connectivity index is 1.58. The molecule has 1 aliphatic heterocycles. The molecule has 168 valence electrons. The van der Waals surface area contributed by atoms with E-state index in [0.29, 0.717) is 30.3 Å². The maximum absolute atomic E-state index is 12.9. The molecule has 1 amide bonds. The number of benzene rings is 2. The maximum atomic E-state index is 12.9. The Labute approximate surface area is 183 Å². The van der Waals surface area contributed by atoms with E-state index in [1.54, 1.807) is 50.4 Å². The van der Waals surface area contributed by atoms with E-state index < -0.39 is 16.1 Å². The second-order valence-corrected chi connectivity index (χ2v) is 9.23. The topological polar surface area (TPSA) is 88.2 Å². The number of carbonyl (C=O) groups is 1. The minimum Gasteiger partial charge on any atom is -0.497 e. The first-order chi connectivity index (χ1) is 14.8. The Morgan fingerprint density at radius 2 is 1.58 bits per heavy atom. The number of rotatable bonds is 8. The Kier molecular flexibility index (Phi) is 7.53. The number of nitrogens with one attached hydrogen (secondary N) is 1. The Bertz CT molecular complexity index is 969. The third-order valence-corrected chi connectivity index (χ3v) is 7.19. The summed E-state index contributed by atoms with van der Waals surface area (Å²) in [5, 5.41) is 2.75. The molecule has 2 aromatic carbocycles. The summed E-state index contributed by atoms with van der Waals surface area (Å²) < 4.78 is 38.0. The third kappa shape index (κ3) is 5.75. The van der Waals surface area contributed by atoms with Gasteiger partial charge in [0.25, 0.3) is 5.91 Å². The molecule has 8 nitrogen and oxygen atoms in total. The molecule has 9 heteroatoms. The lowest BCUT2D eigenvalue weighted by Gasteiger charge is -2.33. The largest absolute Gasteiger partial charge is 0.497 e. The number of carbonyl (C=O) groups excluding carboxylic acids is 1. The number of ether oxygens (including phenoxy) is 2. The first-order valence-electron chi connectivity index (χ1n) is 10.3. The average Bonchev–Trinajstić information content (AvgIpc) is 2.80. The van der Waals surface area contributed by atoms with Crippen LogP contribution >= 0.6 is 0 Å². The van der Waals surface area contributed by atoms with E-state index >= 15 is 0 Å². The van der Waals surface area contributed by atoms with Crippen LogP contribution in [0.15, 0.2) is 53.4 Å². The van der Waals surface area contributed by atoms with E-state index in [2.05, 4.69) is 17.1 Å². The van der Waals surface area contributed by atoms with Crippen LogP contribution in [0.1, 0.15) is 13.8 Å². The molecule has 0 aromatic heterocycles. The minimum atomic E-state index is -3.54. The van der Waals surface area contributed by atoms with Crippen LogP contribution in [0.2, 0.25) is 0 Å². The van der Waals surface area contributed by atoms with Gasteiger partial charge in [0.1, 0.15) is 11.5 Å². The predicted octanol–water partition coefficient (Wildman–Crippen LogP) is 2.43. The fourth-order valence-electron chi connectivity index (χ4n) is 3.30. The van der Waals surface area contributed by atoms with Gasteiger partial charge in [-0.15, -0.1) is 0 Å². The van der Waals surface area contributed by atoms with Gasteiger partial charge in [-0.25, -0.2) is 8.42 Å².